The van der Waals surface area contributed by atoms with Crippen molar-refractivity contribution in [1.29, 1.82) is 0 Å². The van der Waals surface area contributed by atoms with Crippen molar-refractivity contribution in [2.24, 2.45) is 0 Å². The first-order valence-electron chi connectivity index (χ1n) is 3.55. The van der Waals surface area contributed by atoms with Crippen LogP contribution in [-0.2, 0) is 28.1 Å². The monoisotopic (exact) mass is 274 g/mol. The second-order valence-electron chi connectivity index (χ2n) is 2.55. The van der Waals surface area contributed by atoms with E-state index in [2.05, 4.69) is 32.0 Å². The van der Waals surface area contributed by atoms with Crippen molar-refractivity contribution < 1.29 is 58.9 Å². The second-order valence-corrected chi connectivity index (χ2v) is 2.55. The average Bonchev–Trinajstić information content (AvgIpc) is 2.17. The fraction of sp³-hybridized carbons (Fsp3) is 0.444. The van der Waals surface area contributed by atoms with Crippen molar-refractivity contribution in [3.63, 3.8) is 0 Å². The first-order valence-corrected chi connectivity index (χ1v) is 3.55. The summed E-state index contributed by atoms with van der Waals surface area (Å²) in [7, 11) is 0. The van der Waals surface area contributed by atoms with Crippen LogP contribution in [0.2, 0.25) is 0 Å². The molecule has 1 aromatic carbocycles. The first-order chi connectivity index (χ1) is 4.33. The summed E-state index contributed by atoms with van der Waals surface area (Å²) in [5, 5.41) is 0. The molecule has 0 heterocycles. The molecule has 4 heteroatoms. The summed E-state index contributed by atoms with van der Waals surface area (Å²) in [5.74, 6) is 0. The molecule has 1 rings (SSSR count). The van der Waals surface area contributed by atoms with Crippen molar-refractivity contribution in [2.45, 2.75) is 26.7 Å². The molecular formula is C9H13Cl3Ti. The smallest absolute Gasteiger partial charge is 1.00 e. The van der Waals surface area contributed by atoms with Gasteiger partial charge in [-0.15, -0.1) is 0 Å². The van der Waals surface area contributed by atoms with Crippen molar-refractivity contribution in [3.05, 3.63) is 29.3 Å². The van der Waals surface area contributed by atoms with Crippen LogP contribution >= 0.6 is 0 Å². The molecule has 1 aromatic rings. The molecule has 0 radical (unpaired) electrons. The molecule has 0 unspecified atom stereocenters. The van der Waals surface area contributed by atoms with Gasteiger partial charge in [0.1, 0.15) is 0 Å². The van der Waals surface area contributed by atoms with Crippen LogP contribution in [0.15, 0.2) is 18.2 Å². The molecule has 0 aliphatic carbocycles. The molecular weight excluding hydrogens is 262 g/mol. The molecule has 0 N–H and O–H groups in total. The normalized spacial score (nSPS) is 6.92. The van der Waals surface area contributed by atoms with Crippen LogP contribution in [0.1, 0.15) is 24.5 Å². The van der Waals surface area contributed by atoms with Crippen LogP contribution in [0.3, 0.4) is 0 Å². The third-order valence-corrected chi connectivity index (χ3v) is 1.51. The second kappa shape index (κ2) is 12.9. The van der Waals surface area contributed by atoms with Gasteiger partial charge in [-0.2, -0.15) is 23.3 Å². The van der Waals surface area contributed by atoms with Gasteiger partial charge in [0, 0.05) is 0 Å². The fourth-order valence-corrected chi connectivity index (χ4v) is 1.07. The summed E-state index contributed by atoms with van der Waals surface area (Å²) >= 11 is 0. The largest absolute Gasteiger partial charge is 4.00 e. The molecule has 0 saturated heterocycles. The standard InChI is InChI=1S/C9H13.3ClH.Ti/c1-3-4-9-6-5-8(2)7-9;;;;/h5-7H,3-4H2,1-2H3;3*1H;/q-1;;;;+4/p-3. The van der Waals surface area contributed by atoms with Crippen LogP contribution in [-0.4, -0.2) is 0 Å². The van der Waals surface area contributed by atoms with Gasteiger partial charge in [0.15, 0.2) is 0 Å². The van der Waals surface area contributed by atoms with Crippen molar-refractivity contribution >= 4 is 0 Å². The van der Waals surface area contributed by atoms with Gasteiger partial charge in [-0.1, -0.05) is 26.7 Å². The Morgan fingerprint density at radius 1 is 1.23 bits per heavy atom. The summed E-state index contributed by atoms with van der Waals surface area (Å²) in [4.78, 5) is 0. The Morgan fingerprint density at radius 3 is 2.08 bits per heavy atom. The van der Waals surface area contributed by atoms with E-state index in [1.165, 1.54) is 24.0 Å². The summed E-state index contributed by atoms with van der Waals surface area (Å²) in [6.07, 6.45) is 2.48. The number of hydrogen-bond acceptors (Lipinski definition) is 0. The Balaban J connectivity index is -0.000000101. The number of aryl methyl sites for hydroxylation is 2. The van der Waals surface area contributed by atoms with Crippen LogP contribution in [0.5, 0.6) is 0 Å². The molecule has 13 heavy (non-hydrogen) atoms. The minimum atomic E-state index is 0. The van der Waals surface area contributed by atoms with Crippen LogP contribution < -0.4 is 37.2 Å². The predicted molar refractivity (Wildman–Crippen MR) is 40.8 cm³/mol. The molecule has 0 fully saturated rings. The van der Waals surface area contributed by atoms with Gasteiger partial charge >= 0.3 is 21.7 Å². The molecule has 0 aromatic heterocycles. The molecule has 0 atom stereocenters. The van der Waals surface area contributed by atoms with E-state index in [0.29, 0.717) is 0 Å². The molecule has 0 saturated carbocycles. The summed E-state index contributed by atoms with van der Waals surface area (Å²) in [6.45, 7) is 4.35. The van der Waals surface area contributed by atoms with Crippen LogP contribution in [0, 0.1) is 6.92 Å². The van der Waals surface area contributed by atoms with Gasteiger partial charge in [0.2, 0.25) is 0 Å². The van der Waals surface area contributed by atoms with Gasteiger partial charge < -0.3 is 37.2 Å². The van der Waals surface area contributed by atoms with Gasteiger partial charge in [0.05, 0.1) is 0 Å². The maximum Gasteiger partial charge on any atom is 4.00 e. The number of hydrogen-bond donors (Lipinski definition) is 0. The molecule has 74 valence electrons. The number of halogens is 3. The quantitative estimate of drug-likeness (QED) is 0.372. The van der Waals surface area contributed by atoms with E-state index in [1.807, 2.05) is 0 Å². The Morgan fingerprint density at radius 2 is 1.77 bits per heavy atom. The van der Waals surface area contributed by atoms with Gasteiger partial charge in [-0.05, 0) is 0 Å². The third kappa shape index (κ3) is 9.24. The summed E-state index contributed by atoms with van der Waals surface area (Å²) in [6, 6.07) is 6.63. The topological polar surface area (TPSA) is 0 Å². The number of rotatable bonds is 2. The SMILES string of the molecule is CCCc1cc[c-](C)c1.[Cl-].[Cl-].[Cl-].[Ti+4]. The molecule has 0 spiro atoms. The fourth-order valence-electron chi connectivity index (χ4n) is 1.07. The molecule has 0 bridgehead atoms. The van der Waals surface area contributed by atoms with E-state index in [4.69, 9.17) is 0 Å². The van der Waals surface area contributed by atoms with Gasteiger partial charge in [0.25, 0.3) is 0 Å². The van der Waals surface area contributed by atoms with Crippen LogP contribution in [0.25, 0.3) is 0 Å². The van der Waals surface area contributed by atoms with E-state index >= 15 is 0 Å². The Labute approximate surface area is 114 Å². The van der Waals surface area contributed by atoms with Crippen LogP contribution in [0.4, 0.5) is 0 Å². The minimum absolute atomic E-state index is 0. The summed E-state index contributed by atoms with van der Waals surface area (Å²) < 4.78 is 0. The zero-order chi connectivity index (χ0) is 6.69. The average molecular weight is 275 g/mol. The van der Waals surface area contributed by atoms with E-state index in [-0.39, 0.29) is 58.9 Å². The molecule has 0 amide bonds. The first kappa shape index (κ1) is 23.6. The van der Waals surface area contributed by atoms with Crippen molar-refractivity contribution in [2.75, 3.05) is 0 Å². The minimum Gasteiger partial charge on any atom is -1.00 e. The van der Waals surface area contributed by atoms with Gasteiger partial charge in [-0.3, -0.25) is 0 Å². The van der Waals surface area contributed by atoms with Gasteiger partial charge in [-0.25, -0.2) is 6.07 Å². The maximum absolute atomic E-state index is 2.25. The predicted octanol–water partition coefficient (Wildman–Crippen LogP) is -6.32. The maximum atomic E-state index is 2.25. The zero-order valence-corrected chi connectivity index (χ0v) is 11.6. The van der Waals surface area contributed by atoms with E-state index in [0.717, 1.165) is 0 Å². The van der Waals surface area contributed by atoms with Crippen molar-refractivity contribution in [1.82, 2.24) is 0 Å². The Kier molecular flexibility index (Phi) is 23.5. The Hall–Kier alpha value is 0.934. The Bertz CT molecular complexity index is 187. The third-order valence-electron chi connectivity index (χ3n) is 1.51. The van der Waals surface area contributed by atoms with E-state index in [1.54, 1.807) is 0 Å². The van der Waals surface area contributed by atoms with Crippen molar-refractivity contribution in [3.8, 4) is 0 Å². The summed E-state index contributed by atoms with van der Waals surface area (Å²) in [5.41, 5.74) is 2.87. The zero-order valence-electron chi connectivity index (χ0n) is 7.78. The van der Waals surface area contributed by atoms with E-state index < -0.39 is 0 Å². The molecule has 0 aliphatic rings. The van der Waals surface area contributed by atoms with E-state index in [9.17, 15) is 0 Å². The molecule has 0 nitrogen and oxygen atoms in total. The molecule has 0 aliphatic heterocycles.